The molecule has 0 N–H and O–H groups in total. The quantitative estimate of drug-likeness (QED) is 0.585. The molecule has 1 aromatic rings. The summed E-state index contributed by atoms with van der Waals surface area (Å²) in [6.07, 6.45) is -3.41. The molecule has 104 valence electrons. The molecule has 20 heavy (non-hydrogen) atoms. The number of rotatable bonds is 1. The zero-order valence-electron chi connectivity index (χ0n) is 10.4. The average molecular weight is 283 g/mol. The number of halogens is 4. The number of nitrogens with zero attached hydrogens (tertiary/aromatic N) is 1. The second kappa shape index (κ2) is 5.27. The maximum Gasteiger partial charge on any atom is 0.416 e. The van der Waals surface area contributed by atoms with Crippen molar-refractivity contribution in [3.8, 4) is 5.97 Å². The molecule has 2 rings (SSSR count). The Kier molecular flexibility index (Phi) is 3.84. The zero-order chi connectivity index (χ0) is 14.9. The summed E-state index contributed by atoms with van der Waals surface area (Å²) >= 11 is 0. The van der Waals surface area contributed by atoms with E-state index in [9.17, 15) is 22.4 Å². The lowest BCUT2D eigenvalue weighted by molar-refractivity contribution is -0.137. The second-order valence-electron chi connectivity index (χ2n) is 4.81. The SMILES string of the molecule is N#CB1CCCC(=O)C1c1ccc(C(F)(F)F)cc1F. The molecule has 0 radical (unpaired) electrons. The monoisotopic (exact) mass is 283 g/mol. The predicted molar refractivity (Wildman–Crippen MR) is 64.6 cm³/mol. The Morgan fingerprint density at radius 3 is 2.60 bits per heavy atom. The molecule has 1 atom stereocenters. The van der Waals surface area contributed by atoms with Gasteiger partial charge in [0.15, 0.2) is 0 Å². The molecule has 0 bridgehead atoms. The van der Waals surface area contributed by atoms with Crippen molar-refractivity contribution in [1.82, 2.24) is 0 Å². The van der Waals surface area contributed by atoms with Gasteiger partial charge >= 0.3 is 6.18 Å². The van der Waals surface area contributed by atoms with Crippen LogP contribution in [0.4, 0.5) is 17.6 Å². The van der Waals surface area contributed by atoms with Gasteiger partial charge in [0.2, 0.25) is 0 Å². The van der Waals surface area contributed by atoms with Gasteiger partial charge in [-0.15, -0.1) is 0 Å². The maximum atomic E-state index is 13.9. The average Bonchev–Trinajstić information content (AvgIpc) is 2.38. The summed E-state index contributed by atoms with van der Waals surface area (Å²) in [6, 6.07) is 2.09. The molecule has 1 fully saturated rings. The van der Waals surface area contributed by atoms with Gasteiger partial charge in [0, 0.05) is 18.2 Å². The minimum absolute atomic E-state index is 0.116. The van der Waals surface area contributed by atoms with E-state index in [0.29, 0.717) is 18.8 Å². The van der Waals surface area contributed by atoms with Gasteiger partial charge in [0.1, 0.15) is 11.6 Å². The van der Waals surface area contributed by atoms with Crippen LogP contribution in [0.5, 0.6) is 0 Å². The largest absolute Gasteiger partial charge is 0.416 e. The highest BCUT2D eigenvalue weighted by molar-refractivity contribution is 6.72. The van der Waals surface area contributed by atoms with Gasteiger partial charge in [-0.2, -0.15) is 13.2 Å². The van der Waals surface area contributed by atoms with E-state index in [-0.39, 0.29) is 17.8 Å². The van der Waals surface area contributed by atoms with Gasteiger partial charge < -0.3 is 0 Å². The van der Waals surface area contributed by atoms with Gasteiger partial charge in [-0.05, 0) is 17.7 Å². The summed E-state index contributed by atoms with van der Waals surface area (Å²) in [6.45, 7) is -0.678. The minimum atomic E-state index is -4.63. The molecular weight excluding hydrogens is 273 g/mol. The number of ketones is 1. The Hall–Kier alpha value is -1.84. The first kappa shape index (κ1) is 14.6. The molecule has 0 spiro atoms. The third kappa shape index (κ3) is 2.69. The summed E-state index contributed by atoms with van der Waals surface area (Å²) in [4.78, 5) is 11.9. The number of hydrogen-bond acceptors (Lipinski definition) is 2. The second-order valence-corrected chi connectivity index (χ2v) is 4.81. The van der Waals surface area contributed by atoms with Crippen molar-refractivity contribution >= 4 is 12.5 Å². The van der Waals surface area contributed by atoms with Crippen molar-refractivity contribution in [1.29, 1.82) is 5.26 Å². The van der Waals surface area contributed by atoms with Crippen LogP contribution in [0.3, 0.4) is 0 Å². The predicted octanol–water partition coefficient (Wildman–Crippen LogP) is 3.39. The third-order valence-corrected chi connectivity index (χ3v) is 3.52. The van der Waals surface area contributed by atoms with Gasteiger partial charge in [-0.1, -0.05) is 18.8 Å². The highest BCUT2D eigenvalue weighted by Crippen LogP contribution is 2.35. The van der Waals surface area contributed by atoms with E-state index in [1.54, 1.807) is 0 Å². The van der Waals surface area contributed by atoms with E-state index in [4.69, 9.17) is 5.26 Å². The van der Waals surface area contributed by atoms with Gasteiger partial charge in [-0.3, -0.25) is 4.79 Å². The van der Waals surface area contributed by atoms with E-state index < -0.39 is 30.1 Å². The number of carbonyl (C=O) groups is 1. The first-order chi connectivity index (χ1) is 9.34. The Labute approximate surface area is 113 Å². The van der Waals surface area contributed by atoms with Gasteiger partial charge in [0.05, 0.1) is 5.56 Å². The number of carbonyl (C=O) groups excluding carboxylic acids is 1. The van der Waals surface area contributed by atoms with E-state index in [1.165, 1.54) is 0 Å². The van der Waals surface area contributed by atoms with Crippen LogP contribution in [0.25, 0.3) is 0 Å². The van der Waals surface area contributed by atoms with E-state index in [1.807, 2.05) is 5.97 Å². The molecule has 0 aliphatic carbocycles. The van der Waals surface area contributed by atoms with E-state index >= 15 is 0 Å². The zero-order valence-corrected chi connectivity index (χ0v) is 10.4. The Bertz CT molecular complexity index is 579. The normalized spacial score (nSPS) is 19.9. The number of benzene rings is 1. The third-order valence-electron chi connectivity index (χ3n) is 3.52. The minimum Gasteiger partial charge on any atom is -0.300 e. The van der Waals surface area contributed by atoms with Crippen molar-refractivity contribution in [2.24, 2.45) is 0 Å². The van der Waals surface area contributed by atoms with Crippen molar-refractivity contribution in [2.45, 2.75) is 31.2 Å². The highest BCUT2D eigenvalue weighted by atomic mass is 19.4. The van der Waals surface area contributed by atoms with Crippen molar-refractivity contribution < 1.29 is 22.4 Å². The number of Topliss-reactive ketones (excluding diaryl/α,β-unsaturated/α-hetero) is 1. The summed E-state index contributed by atoms with van der Waals surface area (Å²) < 4.78 is 51.3. The van der Waals surface area contributed by atoms with Crippen LogP contribution in [0.15, 0.2) is 18.2 Å². The lowest BCUT2D eigenvalue weighted by Gasteiger charge is -2.24. The van der Waals surface area contributed by atoms with Crippen LogP contribution >= 0.6 is 0 Å². The van der Waals surface area contributed by atoms with E-state index in [2.05, 4.69) is 0 Å². The van der Waals surface area contributed by atoms with Crippen molar-refractivity contribution in [3.05, 3.63) is 35.1 Å². The van der Waals surface area contributed by atoms with Crippen molar-refractivity contribution in [2.75, 3.05) is 0 Å². The van der Waals surface area contributed by atoms with Crippen molar-refractivity contribution in [3.63, 3.8) is 0 Å². The molecule has 1 aromatic carbocycles. The molecule has 1 heterocycles. The summed E-state index contributed by atoms with van der Waals surface area (Å²) in [5.41, 5.74) is -1.22. The molecule has 1 unspecified atom stereocenters. The lowest BCUT2D eigenvalue weighted by atomic mass is 9.35. The van der Waals surface area contributed by atoms with Gasteiger partial charge in [-0.25, -0.2) is 9.65 Å². The highest BCUT2D eigenvalue weighted by Gasteiger charge is 2.39. The summed E-state index contributed by atoms with van der Waals surface area (Å²) in [5, 5.41) is 9.01. The molecule has 0 aromatic heterocycles. The number of alkyl halides is 3. The Morgan fingerprint density at radius 1 is 1.35 bits per heavy atom. The Balaban J connectivity index is 2.42. The fourth-order valence-corrected chi connectivity index (χ4v) is 2.53. The fourth-order valence-electron chi connectivity index (χ4n) is 2.53. The first-order valence-corrected chi connectivity index (χ1v) is 6.13. The standard InChI is InChI=1S/C13H10BF4NO/c15-10-6-8(13(16,17)18)3-4-9(10)12-11(20)2-1-5-14(12)7-19/h3-4,6,12H,1-2,5H2. The van der Waals surface area contributed by atoms with Crippen LogP contribution in [0.1, 0.15) is 29.8 Å². The molecule has 2 nitrogen and oxygen atoms in total. The fraction of sp³-hybridized carbons (Fsp3) is 0.385. The number of hydrogen-bond donors (Lipinski definition) is 0. The van der Waals surface area contributed by atoms with Crippen LogP contribution in [0.2, 0.25) is 6.32 Å². The molecule has 0 saturated carbocycles. The van der Waals surface area contributed by atoms with Crippen LogP contribution in [0, 0.1) is 17.0 Å². The maximum absolute atomic E-state index is 13.9. The summed E-state index contributed by atoms with van der Waals surface area (Å²) in [5.74, 6) is -0.390. The van der Waals surface area contributed by atoms with E-state index in [0.717, 1.165) is 12.1 Å². The first-order valence-electron chi connectivity index (χ1n) is 6.13. The van der Waals surface area contributed by atoms with Crippen LogP contribution in [-0.2, 0) is 11.0 Å². The number of nitriles is 1. The molecule has 0 amide bonds. The van der Waals surface area contributed by atoms with Crippen LogP contribution < -0.4 is 0 Å². The molecule has 1 aliphatic heterocycles. The van der Waals surface area contributed by atoms with Crippen LogP contribution in [-0.4, -0.2) is 12.5 Å². The summed E-state index contributed by atoms with van der Waals surface area (Å²) in [7, 11) is 0. The molecule has 1 aliphatic rings. The smallest absolute Gasteiger partial charge is 0.300 e. The molecule has 1 saturated heterocycles. The topological polar surface area (TPSA) is 40.9 Å². The molecular formula is C13H10BF4NO. The Morgan fingerprint density at radius 2 is 2.05 bits per heavy atom. The van der Waals surface area contributed by atoms with Gasteiger partial charge in [0.25, 0.3) is 6.71 Å². The lowest BCUT2D eigenvalue weighted by Crippen LogP contribution is -2.34. The molecule has 7 heteroatoms.